The zero-order chi connectivity index (χ0) is 12.3. The zero-order valence-corrected chi connectivity index (χ0v) is 10.7. The Morgan fingerprint density at radius 1 is 1.00 bits per heavy atom. The molecule has 0 atom stereocenters. The lowest BCUT2D eigenvalue weighted by Crippen LogP contribution is -1.94. The molecule has 2 aromatic carbocycles. The van der Waals surface area contributed by atoms with Crippen LogP contribution in [0.4, 0.5) is 5.69 Å². The van der Waals surface area contributed by atoms with Gasteiger partial charge in [-0.05, 0) is 49.1 Å². The van der Waals surface area contributed by atoms with Crippen LogP contribution in [0.15, 0.2) is 42.5 Å². The lowest BCUT2D eigenvalue weighted by atomic mass is 9.99. The van der Waals surface area contributed by atoms with Crippen molar-refractivity contribution in [3.63, 3.8) is 0 Å². The second-order valence-electron chi connectivity index (χ2n) is 4.56. The molecule has 0 unspecified atom stereocenters. The fourth-order valence-electron chi connectivity index (χ4n) is 2.10. The van der Waals surface area contributed by atoms with Gasteiger partial charge < -0.3 is 5.32 Å². The van der Waals surface area contributed by atoms with Crippen molar-refractivity contribution >= 4 is 5.69 Å². The molecule has 0 spiro atoms. The first-order valence-corrected chi connectivity index (χ1v) is 6.02. The molecule has 88 valence electrons. The van der Waals surface area contributed by atoms with E-state index in [4.69, 9.17) is 0 Å². The van der Waals surface area contributed by atoms with Gasteiger partial charge in [0.05, 0.1) is 0 Å². The number of aryl methyl sites for hydroxylation is 2. The molecule has 0 saturated heterocycles. The van der Waals surface area contributed by atoms with Gasteiger partial charge in [0.25, 0.3) is 0 Å². The summed E-state index contributed by atoms with van der Waals surface area (Å²) >= 11 is 0. The number of rotatable bonds is 3. The fraction of sp³-hybridized carbons (Fsp3) is 0.250. The Hall–Kier alpha value is -1.76. The third-order valence-electron chi connectivity index (χ3n) is 3.11. The summed E-state index contributed by atoms with van der Waals surface area (Å²) in [4.78, 5) is 0. The highest BCUT2D eigenvalue weighted by molar-refractivity contribution is 5.46. The normalized spacial score (nSPS) is 10.3. The summed E-state index contributed by atoms with van der Waals surface area (Å²) in [6.07, 6.45) is 1.00. The Labute approximate surface area is 103 Å². The van der Waals surface area contributed by atoms with Crippen LogP contribution in [0.1, 0.15) is 22.3 Å². The first-order valence-electron chi connectivity index (χ1n) is 6.02. The van der Waals surface area contributed by atoms with Crippen molar-refractivity contribution in [1.29, 1.82) is 0 Å². The molecule has 1 nitrogen and oxygen atoms in total. The van der Waals surface area contributed by atoms with Crippen LogP contribution < -0.4 is 5.32 Å². The fourth-order valence-corrected chi connectivity index (χ4v) is 2.10. The summed E-state index contributed by atoms with van der Waals surface area (Å²) in [6.45, 7) is 4.32. The van der Waals surface area contributed by atoms with Gasteiger partial charge in [0.1, 0.15) is 0 Å². The van der Waals surface area contributed by atoms with E-state index in [9.17, 15) is 0 Å². The maximum atomic E-state index is 3.18. The number of benzene rings is 2. The van der Waals surface area contributed by atoms with Crippen LogP contribution in [0.25, 0.3) is 0 Å². The van der Waals surface area contributed by atoms with E-state index < -0.39 is 0 Å². The maximum absolute atomic E-state index is 3.18. The van der Waals surface area contributed by atoms with Gasteiger partial charge >= 0.3 is 0 Å². The van der Waals surface area contributed by atoms with E-state index in [0.29, 0.717) is 0 Å². The molecule has 0 heterocycles. The van der Waals surface area contributed by atoms with Crippen LogP contribution in [-0.2, 0) is 6.42 Å². The minimum absolute atomic E-state index is 1.00. The first-order chi connectivity index (χ1) is 8.19. The molecule has 0 aromatic heterocycles. The molecule has 1 heteroatoms. The van der Waals surface area contributed by atoms with Crippen molar-refractivity contribution in [2.24, 2.45) is 0 Å². The quantitative estimate of drug-likeness (QED) is 0.834. The highest BCUT2D eigenvalue weighted by Crippen LogP contribution is 2.17. The van der Waals surface area contributed by atoms with Gasteiger partial charge in [0.15, 0.2) is 0 Å². The molecular weight excluding hydrogens is 206 g/mol. The van der Waals surface area contributed by atoms with E-state index in [2.05, 4.69) is 61.6 Å². The third-order valence-corrected chi connectivity index (χ3v) is 3.11. The largest absolute Gasteiger partial charge is 0.388 e. The summed E-state index contributed by atoms with van der Waals surface area (Å²) in [5.74, 6) is 0. The standard InChI is InChI=1S/C16H19N/c1-12-7-8-15(13(2)9-12)10-14-5-4-6-16(11-14)17-3/h4-9,11,17H,10H2,1-3H3. The van der Waals surface area contributed by atoms with Gasteiger partial charge in [-0.3, -0.25) is 0 Å². The average molecular weight is 225 g/mol. The lowest BCUT2D eigenvalue weighted by molar-refractivity contribution is 1.15. The van der Waals surface area contributed by atoms with Gasteiger partial charge in [-0.1, -0.05) is 35.9 Å². The molecule has 0 aliphatic rings. The maximum Gasteiger partial charge on any atom is 0.0340 e. The van der Waals surface area contributed by atoms with Crippen molar-refractivity contribution in [3.8, 4) is 0 Å². The SMILES string of the molecule is CNc1cccc(Cc2ccc(C)cc2C)c1. The third kappa shape index (κ3) is 2.88. The molecule has 2 aromatic rings. The summed E-state index contributed by atoms with van der Waals surface area (Å²) in [5.41, 5.74) is 6.63. The molecular formula is C16H19N. The highest BCUT2D eigenvalue weighted by Gasteiger charge is 2.01. The summed E-state index contributed by atoms with van der Waals surface area (Å²) in [5, 5.41) is 3.18. The van der Waals surface area contributed by atoms with Crippen LogP contribution in [0, 0.1) is 13.8 Å². The van der Waals surface area contributed by atoms with Crippen LogP contribution in [0.3, 0.4) is 0 Å². The number of hydrogen-bond acceptors (Lipinski definition) is 1. The van der Waals surface area contributed by atoms with Crippen molar-refractivity contribution in [2.45, 2.75) is 20.3 Å². The van der Waals surface area contributed by atoms with Crippen molar-refractivity contribution in [2.75, 3.05) is 12.4 Å². The van der Waals surface area contributed by atoms with Crippen molar-refractivity contribution in [1.82, 2.24) is 0 Å². The Morgan fingerprint density at radius 2 is 1.82 bits per heavy atom. The number of hydrogen-bond donors (Lipinski definition) is 1. The van der Waals surface area contributed by atoms with Crippen LogP contribution >= 0.6 is 0 Å². The predicted molar refractivity (Wildman–Crippen MR) is 74.7 cm³/mol. The molecule has 17 heavy (non-hydrogen) atoms. The summed E-state index contributed by atoms with van der Waals surface area (Å²) in [7, 11) is 1.95. The zero-order valence-electron chi connectivity index (χ0n) is 10.7. The van der Waals surface area contributed by atoms with Crippen molar-refractivity contribution < 1.29 is 0 Å². The first kappa shape index (κ1) is 11.7. The summed E-state index contributed by atoms with van der Waals surface area (Å²) < 4.78 is 0. The van der Waals surface area contributed by atoms with Gasteiger partial charge in [-0.25, -0.2) is 0 Å². The molecule has 0 saturated carbocycles. The van der Waals surface area contributed by atoms with Crippen molar-refractivity contribution in [3.05, 3.63) is 64.7 Å². The molecule has 0 fully saturated rings. The molecule has 0 amide bonds. The van der Waals surface area contributed by atoms with E-state index in [1.165, 1.54) is 27.9 Å². The number of anilines is 1. The van der Waals surface area contributed by atoms with E-state index in [1.54, 1.807) is 0 Å². The predicted octanol–water partition coefficient (Wildman–Crippen LogP) is 3.94. The molecule has 0 aliphatic carbocycles. The van der Waals surface area contributed by atoms with E-state index in [1.807, 2.05) is 7.05 Å². The molecule has 0 bridgehead atoms. The molecule has 1 N–H and O–H groups in total. The van der Waals surface area contributed by atoms with Gasteiger partial charge in [-0.15, -0.1) is 0 Å². The summed E-state index contributed by atoms with van der Waals surface area (Å²) in [6, 6.07) is 15.2. The Kier molecular flexibility index (Phi) is 3.48. The molecule has 2 rings (SSSR count). The van der Waals surface area contributed by atoms with Crippen LogP contribution in [0.2, 0.25) is 0 Å². The second kappa shape index (κ2) is 5.05. The van der Waals surface area contributed by atoms with Gasteiger partial charge in [0.2, 0.25) is 0 Å². The van der Waals surface area contributed by atoms with E-state index in [0.717, 1.165) is 6.42 Å². The Bertz CT molecular complexity index is 515. The minimum Gasteiger partial charge on any atom is -0.388 e. The van der Waals surface area contributed by atoms with Crippen LogP contribution in [-0.4, -0.2) is 7.05 Å². The number of nitrogens with one attached hydrogen (secondary N) is 1. The molecule has 0 radical (unpaired) electrons. The second-order valence-corrected chi connectivity index (χ2v) is 4.56. The Morgan fingerprint density at radius 3 is 2.53 bits per heavy atom. The average Bonchev–Trinajstić information content (AvgIpc) is 2.33. The minimum atomic E-state index is 1.00. The highest BCUT2D eigenvalue weighted by atomic mass is 14.8. The lowest BCUT2D eigenvalue weighted by Gasteiger charge is -2.08. The topological polar surface area (TPSA) is 12.0 Å². The van der Waals surface area contributed by atoms with E-state index in [-0.39, 0.29) is 0 Å². The van der Waals surface area contributed by atoms with Gasteiger partial charge in [0, 0.05) is 12.7 Å². The molecule has 0 aliphatic heterocycles. The Balaban J connectivity index is 2.25. The van der Waals surface area contributed by atoms with Crippen LogP contribution in [0.5, 0.6) is 0 Å². The van der Waals surface area contributed by atoms with E-state index >= 15 is 0 Å². The van der Waals surface area contributed by atoms with Gasteiger partial charge in [-0.2, -0.15) is 0 Å². The smallest absolute Gasteiger partial charge is 0.0340 e. The monoisotopic (exact) mass is 225 g/mol.